The molecule has 1 unspecified atom stereocenters. The average Bonchev–Trinajstić information content (AvgIpc) is 1.55. The van der Waals surface area contributed by atoms with E-state index < -0.39 is 24.2 Å². The van der Waals surface area contributed by atoms with Crippen LogP contribution in [0.5, 0.6) is 0 Å². The molecular weight excluding hydrogens is 1850 g/mol. The summed E-state index contributed by atoms with van der Waals surface area (Å²) in [5, 5.41) is 20.4. The van der Waals surface area contributed by atoms with Gasteiger partial charge in [0.15, 0.2) is 17.5 Å². The molecule has 700 valence electrons. The molecule has 19 aromatic carbocycles. The van der Waals surface area contributed by atoms with Gasteiger partial charge in [0.2, 0.25) is 0 Å². The lowest BCUT2D eigenvalue weighted by Crippen LogP contribution is -2.50. The van der Waals surface area contributed by atoms with Crippen LogP contribution in [0.25, 0.3) is 245 Å². The van der Waals surface area contributed by atoms with E-state index in [1.807, 2.05) is 12.1 Å². The number of benzene rings is 19. The van der Waals surface area contributed by atoms with Crippen LogP contribution in [0.1, 0.15) is 24.0 Å². The van der Waals surface area contributed by atoms with Crippen molar-refractivity contribution in [2.75, 3.05) is 0 Å². The van der Waals surface area contributed by atoms with Gasteiger partial charge < -0.3 is 22.7 Å². The summed E-state index contributed by atoms with van der Waals surface area (Å²) in [6.45, 7) is 16.9. The fourth-order valence-electron chi connectivity index (χ4n) is 25.5. The number of furan rings is 1. The van der Waals surface area contributed by atoms with E-state index in [0.29, 0.717) is 5.92 Å². The van der Waals surface area contributed by atoms with Crippen LogP contribution in [0, 0.1) is 0 Å². The second-order valence-electron chi connectivity index (χ2n) is 41.4. The highest BCUT2D eigenvalue weighted by Gasteiger charge is 2.46. The average molecular weight is 1950 g/mol. The molecule has 8 aromatic heterocycles. The predicted molar refractivity (Wildman–Crippen MR) is 623 cm³/mol. The third-order valence-corrected chi connectivity index (χ3v) is 42.6. The van der Waals surface area contributed by atoms with Gasteiger partial charge in [-0.05, 0) is 162 Å². The second kappa shape index (κ2) is 33.3. The van der Waals surface area contributed by atoms with Crippen molar-refractivity contribution in [1.29, 1.82) is 0 Å². The van der Waals surface area contributed by atoms with E-state index >= 15 is 0 Å². The van der Waals surface area contributed by atoms with Crippen molar-refractivity contribution in [3.8, 4) is 136 Å². The molecule has 148 heavy (non-hydrogen) atoms. The smallest absolute Gasteiger partial charge is 0.162 e. The molecule has 0 fully saturated rings. The zero-order chi connectivity index (χ0) is 98.7. The van der Waals surface area contributed by atoms with Crippen LogP contribution in [0.2, 0.25) is 39.3 Å². The molecule has 1 aliphatic carbocycles. The van der Waals surface area contributed by atoms with E-state index in [4.69, 9.17) is 34.3 Å². The molecule has 1 atom stereocenters. The van der Waals surface area contributed by atoms with Gasteiger partial charge in [0, 0.05) is 110 Å². The molecule has 0 radical (unpaired) electrons. The number of hydrogen-bond acceptors (Lipinski definition) is 7. The summed E-state index contributed by atoms with van der Waals surface area (Å²) in [5.41, 5.74) is 37.7. The van der Waals surface area contributed by atoms with Gasteiger partial charge in [-0.25, -0.2) is 29.9 Å². The number of para-hydroxylation sites is 7. The summed E-state index contributed by atoms with van der Waals surface area (Å²) in [6, 6.07) is 161. The van der Waals surface area contributed by atoms with Crippen molar-refractivity contribution in [2.24, 2.45) is 0 Å². The SMILES string of the molecule is CC1c2ccccc2-c2c1ccc1c3ccccc3n(-c3cccc(-c4nc(-c5ccccc5)c5c(n4)-c4ccccc4[Si]5(C)C)c3)c21.C[Si]1(C)c2ccccc2-c2nc(-c3cccc(-n4c5ccccc5c5ccc6c(c7ccccc7n6-c6ccccc6)c54)c3)nc(-c3ccccc3)c21.C[Si]1(C)c2ccccc2-c2nc(-c3ccccc3-n3c4ccccc4c4ccc5oc6ccccc6c5c43)nc(-c3ccccc3)c21. The van der Waals surface area contributed by atoms with Gasteiger partial charge in [-0.1, -0.05) is 398 Å². The summed E-state index contributed by atoms with van der Waals surface area (Å²) in [6.07, 6.45) is 0. The van der Waals surface area contributed by atoms with Crippen LogP contribution in [0.15, 0.2) is 453 Å². The number of rotatable bonds is 10. The summed E-state index contributed by atoms with van der Waals surface area (Å²) < 4.78 is 16.1. The van der Waals surface area contributed by atoms with Gasteiger partial charge in [-0.3, -0.25) is 0 Å². The van der Waals surface area contributed by atoms with E-state index in [1.165, 1.54) is 146 Å². The Labute approximate surface area is 858 Å². The first kappa shape index (κ1) is 86.7. The summed E-state index contributed by atoms with van der Waals surface area (Å²) >= 11 is 0. The van der Waals surface area contributed by atoms with Crippen molar-refractivity contribution in [3.05, 3.63) is 460 Å². The molecule has 0 saturated heterocycles. The van der Waals surface area contributed by atoms with Crippen molar-refractivity contribution < 1.29 is 4.42 Å². The molecule has 31 rings (SSSR count). The number of aromatic nitrogens is 10. The lowest BCUT2D eigenvalue weighted by molar-refractivity contribution is 0.669. The van der Waals surface area contributed by atoms with Crippen LogP contribution in [-0.2, 0) is 0 Å². The minimum absolute atomic E-state index is 0.352. The standard InChI is InChI=1S/C48H34N4Si.C44H33N3Si.C42H29N3OSi/c1-53(2)42-27-14-11-24-38(42)45-47(53)44(31-16-5-3-6-17-31)49-48(50-45)32-18-15-21-34(30-32)52-39-25-12-9-22-35(39)36-28-29-41-43(46(36)52)37-23-10-13-26-40(37)51(41)33-19-7-4-8-20-33;1-27-31-18-7-8-20-34(31)39-32(27)24-25-35-33-19-9-11-22-37(33)47(42(35)39)30-17-13-16-29(26-30)44-45-40(28-14-5-4-6-15-28)43-41(46-44)36-21-10-12-23-38(36)48(43,2)3;1-47(2)36-23-13-9-19-31(36)39-41(47)38(26-14-4-3-5-15-26)43-42(44-39)29-17-7-11-21-33(29)45-32-20-10-6-16-27(32)28-24-25-35-37(40(28)45)30-18-8-12-22-34(30)46-35/h3-30H,1-2H3;4-27H,1-3H3;3-25H,1-2H3. The lowest BCUT2D eigenvalue weighted by Gasteiger charge is -2.22. The minimum atomic E-state index is -2.06. The molecule has 0 spiro atoms. The highest BCUT2D eigenvalue weighted by Crippen LogP contribution is 2.53. The van der Waals surface area contributed by atoms with Crippen LogP contribution >= 0.6 is 0 Å². The maximum atomic E-state index is 6.40. The molecule has 3 aliphatic heterocycles. The summed E-state index contributed by atoms with van der Waals surface area (Å²) in [7, 11) is -6.13. The third kappa shape index (κ3) is 13.0. The van der Waals surface area contributed by atoms with Crippen molar-refractivity contribution in [1.82, 2.24) is 48.2 Å². The van der Waals surface area contributed by atoms with E-state index in [0.717, 1.165) is 141 Å². The van der Waals surface area contributed by atoms with Crippen LogP contribution < -0.4 is 31.1 Å². The Balaban J connectivity index is 0.000000105. The molecule has 14 heteroatoms. The maximum Gasteiger partial charge on any atom is 0.162 e. The van der Waals surface area contributed by atoms with Gasteiger partial charge in [0.05, 0.1) is 89.4 Å². The minimum Gasteiger partial charge on any atom is -0.456 e. The maximum absolute atomic E-state index is 6.40. The molecule has 27 aromatic rings. The third-order valence-electron chi connectivity index (χ3n) is 32.1. The van der Waals surface area contributed by atoms with Gasteiger partial charge in [0.25, 0.3) is 0 Å². The number of hydrogen-bond donors (Lipinski definition) is 0. The second-order valence-corrected chi connectivity index (χ2v) is 54.2. The molecule has 0 saturated carbocycles. The Hall–Kier alpha value is -17.9. The van der Waals surface area contributed by atoms with Gasteiger partial charge in [-0.2, -0.15) is 0 Å². The molecule has 0 amide bonds. The fraction of sp³-hybridized carbons (Fsp3) is 0.0597. The molecule has 11 heterocycles. The monoisotopic (exact) mass is 1940 g/mol. The van der Waals surface area contributed by atoms with Gasteiger partial charge in [0.1, 0.15) is 35.4 Å². The zero-order valence-corrected chi connectivity index (χ0v) is 85.7. The lowest BCUT2D eigenvalue weighted by atomic mass is 9.98. The van der Waals surface area contributed by atoms with E-state index in [1.54, 1.807) is 0 Å². The Morgan fingerprint density at radius 2 is 0.581 bits per heavy atom. The number of nitrogens with zero attached hydrogens (tertiary/aromatic N) is 10. The molecule has 0 N–H and O–H groups in total. The predicted octanol–water partition coefficient (Wildman–Crippen LogP) is 30.3. The zero-order valence-electron chi connectivity index (χ0n) is 82.7. The Bertz CT molecular complexity index is 10300. The topological polar surface area (TPSA) is 110 Å². The van der Waals surface area contributed by atoms with Crippen molar-refractivity contribution in [2.45, 2.75) is 52.1 Å². The first-order chi connectivity index (χ1) is 72.7. The van der Waals surface area contributed by atoms with Crippen LogP contribution in [0.3, 0.4) is 0 Å². The summed E-state index contributed by atoms with van der Waals surface area (Å²) in [4.78, 5) is 32.7. The van der Waals surface area contributed by atoms with E-state index in [2.05, 4.69) is 501 Å². The van der Waals surface area contributed by atoms with E-state index in [9.17, 15) is 0 Å². The number of fused-ring (bicyclic) bond motifs is 30. The van der Waals surface area contributed by atoms with Crippen LogP contribution in [-0.4, -0.2) is 72.4 Å². The molecular formula is C134H96N10OSi3. The quantitative estimate of drug-likeness (QED) is 0.125. The Morgan fingerprint density at radius 1 is 0.223 bits per heavy atom. The fourth-order valence-corrected chi connectivity index (χ4v) is 35.2. The van der Waals surface area contributed by atoms with E-state index in [-0.39, 0.29) is 0 Å². The van der Waals surface area contributed by atoms with Gasteiger partial charge in [-0.15, -0.1) is 0 Å². The molecule has 4 aliphatic rings. The largest absolute Gasteiger partial charge is 0.456 e. The highest BCUT2D eigenvalue weighted by molar-refractivity contribution is 7.05. The first-order valence-corrected chi connectivity index (χ1v) is 60.2. The molecule has 0 bridgehead atoms. The Morgan fingerprint density at radius 3 is 1.10 bits per heavy atom. The normalized spacial score (nSPS) is 14.0. The summed E-state index contributed by atoms with van der Waals surface area (Å²) in [5.74, 6) is 2.60. The van der Waals surface area contributed by atoms with Gasteiger partial charge >= 0.3 is 0 Å². The van der Waals surface area contributed by atoms with Crippen LogP contribution in [0.4, 0.5) is 0 Å². The Kier molecular flexibility index (Phi) is 19.5. The molecule has 11 nitrogen and oxygen atoms in total. The first-order valence-electron chi connectivity index (χ1n) is 51.2. The van der Waals surface area contributed by atoms with Crippen molar-refractivity contribution in [3.63, 3.8) is 0 Å². The van der Waals surface area contributed by atoms with Crippen molar-refractivity contribution >= 4 is 165 Å². The highest BCUT2D eigenvalue weighted by atomic mass is 28.3.